The van der Waals surface area contributed by atoms with E-state index in [1.165, 1.54) is 0 Å². The molecule has 1 heterocycles. The molecule has 0 aliphatic heterocycles. The number of aromatic nitrogens is 2. The van der Waals surface area contributed by atoms with E-state index in [-0.39, 0.29) is 11.8 Å². The highest BCUT2D eigenvalue weighted by Gasteiger charge is 2.13. The fourth-order valence-corrected chi connectivity index (χ4v) is 1.94. The molecular weight excluding hydrogens is 228 g/mol. The van der Waals surface area contributed by atoms with Crippen molar-refractivity contribution in [2.75, 3.05) is 7.11 Å². The number of benzene rings is 1. The lowest BCUT2D eigenvalue weighted by Gasteiger charge is -2.06. The van der Waals surface area contributed by atoms with Crippen LogP contribution in [0.2, 0.25) is 0 Å². The van der Waals surface area contributed by atoms with Crippen LogP contribution < -0.4 is 4.74 Å². The number of aromatic hydroxyl groups is 1. The van der Waals surface area contributed by atoms with Crippen molar-refractivity contribution in [1.82, 2.24) is 9.97 Å². The minimum atomic E-state index is 0.0925. The van der Waals surface area contributed by atoms with Crippen molar-refractivity contribution in [2.24, 2.45) is 0 Å². The van der Waals surface area contributed by atoms with Crippen molar-refractivity contribution in [3.05, 3.63) is 41.3 Å². The lowest BCUT2D eigenvalue weighted by Crippen LogP contribution is -1.95. The number of H-pyrrole nitrogens is 1. The molecule has 0 saturated carbocycles. The molecule has 0 radical (unpaired) electrons. The molecule has 0 aliphatic carbocycles. The molecule has 2 aromatic rings. The molecule has 18 heavy (non-hydrogen) atoms. The Morgan fingerprint density at radius 1 is 1.33 bits per heavy atom. The molecule has 0 unspecified atom stereocenters. The molecule has 0 aliphatic rings. The van der Waals surface area contributed by atoms with E-state index >= 15 is 0 Å². The standard InChI is InChI=1S/C14H18N2O2/c1-9(2)13-14(17)16-12(15-13)8-10-6-4-5-7-11(10)18-3/h4-7,9,17H,8H2,1-3H3,(H,15,16). The van der Waals surface area contributed by atoms with Gasteiger partial charge in [0.2, 0.25) is 5.88 Å². The molecule has 4 heteroatoms. The number of nitrogens with one attached hydrogen (secondary N) is 1. The third-order valence-electron chi connectivity index (χ3n) is 2.89. The first-order valence-electron chi connectivity index (χ1n) is 6.01. The van der Waals surface area contributed by atoms with Crippen LogP contribution in [0.15, 0.2) is 24.3 Å². The van der Waals surface area contributed by atoms with E-state index in [0.29, 0.717) is 6.42 Å². The van der Waals surface area contributed by atoms with Crippen LogP contribution >= 0.6 is 0 Å². The lowest BCUT2D eigenvalue weighted by molar-refractivity contribution is 0.410. The molecule has 0 saturated heterocycles. The van der Waals surface area contributed by atoms with E-state index in [0.717, 1.165) is 22.8 Å². The second-order valence-electron chi connectivity index (χ2n) is 4.56. The normalized spacial score (nSPS) is 10.9. The molecule has 2 rings (SSSR count). The molecule has 2 N–H and O–H groups in total. The Hall–Kier alpha value is -1.97. The Morgan fingerprint density at radius 2 is 2.06 bits per heavy atom. The number of aromatic amines is 1. The molecule has 0 bridgehead atoms. The summed E-state index contributed by atoms with van der Waals surface area (Å²) in [5.41, 5.74) is 1.82. The van der Waals surface area contributed by atoms with Gasteiger partial charge in [-0.15, -0.1) is 0 Å². The highest BCUT2D eigenvalue weighted by Crippen LogP contribution is 2.25. The van der Waals surface area contributed by atoms with Gasteiger partial charge in [-0.1, -0.05) is 32.0 Å². The van der Waals surface area contributed by atoms with E-state index in [1.54, 1.807) is 7.11 Å². The summed E-state index contributed by atoms with van der Waals surface area (Å²) in [5, 5.41) is 9.73. The highest BCUT2D eigenvalue weighted by atomic mass is 16.5. The zero-order chi connectivity index (χ0) is 13.1. The van der Waals surface area contributed by atoms with Gasteiger partial charge in [0.1, 0.15) is 11.6 Å². The summed E-state index contributed by atoms with van der Waals surface area (Å²) in [6.45, 7) is 4.03. The molecule has 0 amide bonds. The third kappa shape index (κ3) is 2.47. The van der Waals surface area contributed by atoms with Crippen molar-refractivity contribution in [1.29, 1.82) is 0 Å². The van der Waals surface area contributed by atoms with Crippen molar-refractivity contribution in [2.45, 2.75) is 26.2 Å². The first-order valence-corrected chi connectivity index (χ1v) is 6.01. The van der Waals surface area contributed by atoms with Crippen molar-refractivity contribution in [3.8, 4) is 11.6 Å². The predicted molar refractivity (Wildman–Crippen MR) is 70.1 cm³/mol. The van der Waals surface area contributed by atoms with Crippen LogP contribution in [0.1, 0.15) is 36.8 Å². The number of ether oxygens (including phenoxy) is 1. The highest BCUT2D eigenvalue weighted by molar-refractivity contribution is 5.36. The molecule has 0 spiro atoms. The van der Waals surface area contributed by atoms with Crippen LogP contribution in [0, 0.1) is 0 Å². The number of imidazole rings is 1. The molecule has 1 aromatic carbocycles. The number of rotatable bonds is 4. The van der Waals surface area contributed by atoms with E-state index in [9.17, 15) is 5.11 Å². The number of para-hydroxylation sites is 1. The summed E-state index contributed by atoms with van der Waals surface area (Å²) in [4.78, 5) is 7.31. The van der Waals surface area contributed by atoms with Gasteiger partial charge in [0.25, 0.3) is 0 Å². The van der Waals surface area contributed by atoms with Crippen LogP contribution in [0.5, 0.6) is 11.6 Å². The molecule has 0 atom stereocenters. The van der Waals surface area contributed by atoms with Gasteiger partial charge in [0, 0.05) is 12.0 Å². The number of hydrogen-bond donors (Lipinski definition) is 2. The Bertz CT molecular complexity index is 532. The second-order valence-corrected chi connectivity index (χ2v) is 4.56. The number of methoxy groups -OCH3 is 1. The van der Waals surface area contributed by atoms with Gasteiger partial charge in [-0.25, -0.2) is 0 Å². The third-order valence-corrected chi connectivity index (χ3v) is 2.89. The quantitative estimate of drug-likeness (QED) is 0.872. The number of nitrogens with zero attached hydrogens (tertiary/aromatic N) is 1. The van der Waals surface area contributed by atoms with Crippen molar-refractivity contribution in [3.63, 3.8) is 0 Å². The van der Waals surface area contributed by atoms with E-state index < -0.39 is 0 Å². The molecular formula is C14H18N2O2. The van der Waals surface area contributed by atoms with Crippen LogP contribution in [-0.2, 0) is 6.42 Å². The van der Waals surface area contributed by atoms with Gasteiger partial charge in [0.05, 0.1) is 12.8 Å². The summed E-state index contributed by atoms with van der Waals surface area (Å²) >= 11 is 0. The van der Waals surface area contributed by atoms with Gasteiger partial charge in [0.15, 0.2) is 0 Å². The Labute approximate surface area is 107 Å². The summed E-state index contributed by atoms with van der Waals surface area (Å²) in [6.07, 6.45) is 0.615. The summed E-state index contributed by atoms with van der Waals surface area (Å²) in [7, 11) is 1.65. The summed E-state index contributed by atoms with van der Waals surface area (Å²) < 4.78 is 5.30. The molecule has 0 fully saturated rings. The summed E-state index contributed by atoms with van der Waals surface area (Å²) in [6, 6.07) is 7.81. The minimum Gasteiger partial charge on any atom is -0.496 e. The lowest BCUT2D eigenvalue weighted by atomic mass is 10.1. The van der Waals surface area contributed by atoms with Gasteiger partial charge >= 0.3 is 0 Å². The average molecular weight is 246 g/mol. The van der Waals surface area contributed by atoms with Crippen LogP contribution in [0.25, 0.3) is 0 Å². The topological polar surface area (TPSA) is 58.1 Å². The predicted octanol–water partition coefficient (Wildman–Crippen LogP) is 2.84. The van der Waals surface area contributed by atoms with E-state index in [4.69, 9.17) is 4.74 Å². The SMILES string of the molecule is COc1ccccc1Cc1nc(O)c(C(C)C)[nH]1. The minimum absolute atomic E-state index is 0.0925. The Kier molecular flexibility index (Phi) is 3.55. The maximum atomic E-state index is 9.73. The maximum absolute atomic E-state index is 9.73. The average Bonchev–Trinajstić information content (AvgIpc) is 2.71. The van der Waals surface area contributed by atoms with Crippen LogP contribution in [0.3, 0.4) is 0 Å². The second kappa shape index (κ2) is 5.12. The zero-order valence-electron chi connectivity index (χ0n) is 10.9. The van der Waals surface area contributed by atoms with E-state index in [1.807, 2.05) is 38.1 Å². The zero-order valence-corrected chi connectivity index (χ0v) is 10.9. The number of hydrogen-bond acceptors (Lipinski definition) is 3. The van der Waals surface area contributed by atoms with Gasteiger partial charge < -0.3 is 14.8 Å². The Balaban J connectivity index is 2.26. The summed E-state index contributed by atoms with van der Waals surface area (Å²) in [5.74, 6) is 1.90. The van der Waals surface area contributed by atoms with Gasteiger partial charge in [-0.2, -0.15) is 4.98 Å². The maximum Gasteiger partial charge on any atom is 0.232 e. The van der Waals surface area contributed by atoms with Crippen LogP contribution in [0.4, 0.5) is 0 Å². The first-order chi connectivity index (χ1) is 8.61. The van der Waals surface area contributed by atoms with Gasteiger partial charge in [-0.3, -0.25) is 0 Å². The van der Waals surface area contributed by atoms with Crippen molar-refractivity contribution < 1.29 is 9.84 Å². The monoisotopic (exact) mass is 246 g/mol. The Morgan fingerprint density at radius 3 is 2.67 bits per heavy atom. The molecule has 4 nitrogen and oxygen atoms in total. The van der Waals surface area contributed by atoms with Crippen molar-refractivity contribution >= 4 is 0 Å². The van der Waals surface area contributed by atoms with Crippen LogP contribution in [-0.4, -0.2) is 22.2 Å². The largest absolute Gasteiger partial charge is 0.496 e. The first kappa shape index (κ1) is 12.5. The molecule has 1 aromatic heterocycles. The molecule has 96 valence electrons. The van der Waals surface area contributed by atoms with Gasteiger partial charge in [-0.05, 0) is 12.0 Å². The fourth-order valence-electron chi connectivity index (χ4n) is 1.94. The van der Waals surface area contributed by atoms with E-state index in [2.05, 4.69) is 9.97 Å². The fraction of sp³-hybridized carbons (Fsp3) is 0.357. The smallest absolute Gasteiger partial charge is 0.232 e.